The summed E-state index contributed by atoms with van der Waals surface area (Å²) in [5, 5.41) is 2.78. The molecule has 0 aliphatic carbocycles. The number of piperidine rings is 1. The van der Waals surface area contributed by atoms with Crippen LogP contribution in [0.5, 0.6) is 17.2 Å². The van der Waals surface area contributed by atoms with E-state index in [0.29, 0.717) is 87.3 Å². The summed E-state index contributed by atoms with van der Waals surface area (Å²) in [5.74, 6) is -0.405. The number of likely N-dealkylation sites (tertiary alicyclic amines) is 1. The van der Waals surface area contributed by atoms with Crippen LogP contribution < -0.4 is 19.5 Å². The number of amides is 2. The lowest BCUT2D eigenvalue weighted by molar-refractivity contribution is -0.164. The van der Waals surface area contributed by atoms with Gasteiger partial charge in [0.25, 0.3) is 11.8 Å². The largest absolute Gasteiger partial charge is 0.493 e. The Balaban J connectivity index is 1.80. The zero-order valence-electron chi connectivity index (χ0n) is 28.9. The zero-order valence-corrected chi connectivity index (χ0v) is 28.9. The summed E-state index contributed by atoms with van der Waals surface area (Å²) < 4.78 is 22.8. The van der Waals surface area contributed by atoms with Crippen molar-refractivity contribution in [1.29, 1.82) is 0 Å². The molecule has 1 heterocycles. The molecule has 3 rings (SSSR count). The first-order valence-corrected chi connectivity index (χ1v) is 16.7. The molecule has 0 spiro atoms. The Morgan fingerprint density at radius 1 is 1.02 bits per heavy atom. The normalized spacial score (nSPS) is 15.2. The Labute approximate surface area is 283 Å². The minimum Gasteiger partial charge on any atom is -0.493 e. The molecule has 11 nitrogen and oxygen atoms in total. The maximum Gasteiger partial charge on any atom is 0.329 e. The maximum absolute atomic E-state index is 13.8. The fraction of sp³-hybridized carbons (Fsp3) is 0.541. The van der Waals surface area contributed by atoms with Gasteiger partial charge in [0.2, 0.25) is 5.78 Å². The Morgan fingerprint density at radius 2 is 1.79 bits per heavy atom. The number of carbonyl (C=O) groups is 5. The van der Waals surface area contributed by atoms with E-state index >= 15 is 0 Å². The van der Waals surface area contributed by atoms with Gasteiger partial charge in [-0.3, -0.25) is 14.4 Å². The standard InChI is InChI=1S/C37H50N2O9/c1-6-37(2,3)34(42)35(43)39-21-10-8-15-29(39)36(44)48-30(18-16-26-17-19-31(45-4)32(23-26)46-5)27-13-12-14-28(24-27)47-25-33(41)38-20-9-7-11-22-40/h12-14,17,19,22-24,29-30H,6-11,15-16,18,20-21,25H2,1-5H3,(H,38,41). The minimum absolute atomic E-state index is 0.200. The summed E-state index contributed by atoms with van der Waals surface area (Å²) in [6, 6.07) is 11.8. The molecule has 0 aromatic heterocycles. The Hall–Kier alpha value is -4.41. The molecule has 1 N–H and O–H groups in total. The molecule has 0 saturated carbocycles. The number of carbonyl (C=O) groups excluding carboxylic acids is 5. The second-order valence-corrected chi connectivity index (χ2v) is 12.6. The predicted molar refractivity (Wildman–Crippen MR) is 180 cm³/mol. The fourth-order valence-electron chi connectivity index (χ4n) is 5.43. The van der Waals surface area contributed by atoms with Crippen LogP contribution in [0.2, 0.25) is 0 Å². The number of methoxy groups -OCH3 is 2. The van der Waals surface area contributed by atoms with E-state index in [1.54, 1.807) is 46.3 Å². The van der Waals surface area contributed by atoms with E-state index < -0.39 is 35.2 Å². The van der Waals surface area contributed by atoms with Gasteiger partial charge in [-0.25, -0.2) is 4.79 Å². The van der Waals surface area contributed by atoms with Gasteiger partial charge in [0.05, 0.1) is 14.2 Å². The molecule has 2 aromatic carbocycles. The monoisotopic (exact) mass is 666 g/mol. The number of hydrogen-bond acceptors (Lipinski definition) is 9. The molecule has 0 radical (unpaired) electrons. The molecule has 1 aliphatic rings. The second kappa shape index (κ2) is 18.8. The first-order chi connectivity index (χ1) is 23.0. The van der Waals surface area contributed by atoms with Crippen molar-refractivity contribution in [3.05, 3.63) is 53.6 Å². The van der Waals surface area contributed by atoms with Crippen molar-refractivity contribution in [1.82, 2.24) is 10.2 Å². The smallest absolute Gasteiger partial charge is 0.329 e. The maximum atomic E-state index is 13.8. The molecule has 1 aliphatic heterocycles. The molecule has 2 atom stereocenters. The second-order valence-electron chi connectivity index (χ2n) is 12.6. The highest BCUT2D eigenvalue weighted by atomic mass is 16.5. The summed E-state index contributed by atoms with van der Waals surface area (Å²) in [5.41, 5.74) is 0.763. The van der Waals surface area contributed by atoms with Gasteiger partial charge >= 0.3 is 5.97 Å². The lowest BCUT2D eigenvalue weighted by Crippen LogP contribution is -2.53. The molecule has 262 valence electrons. The third-order valence-corrected chi connectivity index (χ3v) is 8.80. The molecule has 0 bridgehead atoms. The van der Waals surface area contributed by atoms with E-state index in [4.69, 9.17) is 18.9 Å². The van der Waals surface area contributed by atoms with Crippen LogP contribution in [0, 0.1) is 5.41 Å². The van der Waals surface area contributed by atoms with Gasteiger partial charge in [0.15, 0.2) is 18.1 Å². The molecule has 48 heavy (non-hydrogen) atoms. The van der Waals surface area contributed by atoms with Crippen molar-refractivity contribution in [2.24, 2.45) is 5.41 Å². The highest BCUT2D eigenvalue weighted by Crippen LogP contribution is 2.32. The number of ether oxygens (including phenoxy) is 4. The first-order valence-electron chi connectivity index (χ1n) is 16.7. The van der Waals surface area contributed by atoms with Gasteiger partial charge in [-0.05, 0) is 86.8 Å². The number of aryl methyl sites for hydroxylation is 1. The van der Waals surface area contributed by atoms with Crippen LogP contribution in [0.4, 0.5) is 0 Å². The van der Waals surface area contributed by atoms with Gasteiger partial charge in [-0.15, -0.1) is 0 Å². The van der Waals surface area contributed by atoms with Gasteiger partial charge < -0.3 is 34.0 Å². The third-order valence-electron chi connectivity index (χ3n) is 8.80. The fourth-order valence-corrected chi connectivity index (χ4v) is 5.43. The van der Waals surface area contributed by atoms with E-state index in [2.05, 4.69) is 5.32 Å². The van der Waals surface area contributed by atoms with Crippen LogP contribution in [0.1, 0.15) is 89.4 Å². The predicted octanol–water partition coefficient (Wildman–Crippen LogP) is 5.17. The zero-order chi connectivity index (χ0) is 35.1. The molecule has 2 unspecified atom stereocenters. The molecule has 2 aromatic rings. The Bertz CT molecular complexity index is 1410. The number of nitrogens with zero attached hydrogens (tertiary/aromatic N) is 1. The number of benzene rings is 2. The van der Waals surface area contributed by atoms with Gasteiger partial charge in [-0.1, -0.05) is 39.0 Å². The lowest BCUT2D eigenvalue weighted by atomic mass is 9.84. The number of esters is 1. The highest BCUT2D eigenvalue weighted by Gasteiger charge is 2.41. The SMILES string of the molecule is CCC(C)(C)C(=O)C(=O)N1CCCCC1C(=O)OC(CCc1ccc(OC)c(OC)c1)c1cccc(OCC(=O)NCCCCC=O)c1. The average Bonchev–Trinajstić information content (AvgIpc) is 3.11. The lowest BCUT2D eigenvalue weighted by Gasteiger charge is -2.36. The van der Waals surface area contributed by atoms with Gasteiger partial charge in [0.1, 0.15) is 24.2 Å². The summed E-state index contributed by atoms with van der Waals surface area (Å²) in [7, 11) is 3.13. The van der Waals surface area contributed by atoms with E-state index in [1.165, 1.54) is 4.90 Å². The quantitative estimate of drug-likeness (QED) is 0.0932. The van der Waals surface area contributed by atoms with E-state index in [9.17, 15) is 24.0 Å². The number of nitrogens with one attached hydrogen (secondary N) is 1. The van der Waals surface area contributed by atoms with Crippen molar-refractivity contribution >= 4 is 29.9 Å². The molecule has 1 fully saturated rings. The summed E-state index contributed by atoms with van der Waals surface area (Å²) >= 11 is 0. The van der Waals surface area contributed by atoms with Crippen molar-refractivity contribution in [3.8, 4) is 17.2 Å². The van der Waals surface area contributed by atoms with Crippen molar-refractivity contribution in [3.63, 3.8) is 0 Å². The molecule has 11 heteroatoms. The summed E-state index contributed by atoms with van der Waals surface area (Å²) in [6.45, 7) is 5.90. The number of ketones is 1. The van der Waals surface area contributed by atoms with Crippen LogP contribution >= 0.6 is 0 Å². The molecular formula is C37H50N2O9. The van der Waals surface area contributed by atoms with E-state index in [1.807, 2.05) is 31.2 Å². The molecular weight excluding hydrogens is 616 g/mol. The van der Waals surface area contributed by atoms with Crippen LogP contribution in [0.3, 0.4) is 0 Å². The third kappa shape index (κ3) is 10.8. The van der Waals surface area contributed by atoms with Crippen LogP contribution in [-0.4, -0.2) is 74.7 Å². The summed E-state index contributed by atoms with van der Waals surface area (Å²) in [6.07, 6.45) is 5.25. The highest BCUT2D eigenvalue weighted by molar-refractivity contribution is 6.38. The van der Waals surface area contributed by atoms with E-state index in [0.717, 1.165) is 18.3 Å². The number of aldehydes is 1. The Morgan fingerprint density at radius 3 is 2.50 bits per heavy atom. The molecule has 1 saturated heterocycles. The number of unbranched alkanes of at least 4 members (excludes halogenated alkanes) is 2. The van der Waals surface area contributed by atoms with E-state index in [-0.39, 0.29) is 12.5 Å². The van der Waals surface area contributed by atoms with Crippen molar-refractivity contribution in [2.45, 2.75) is 90.7 Å². The first kappa shape index (κ1) is 38.0. The number of Topliss-reactive ketones (excluding diaryl/α,β-unsaturated/α-hetero) is 1. The van der Waals surface area contributed by atoms with Crippen LogP contribution in [0.15, 0.2) is 42.5 Å². The van der Waals surface area contributed by atoms with Gasteiger partial charge in [-0.2, -0.15) is 0 Å². The number of hydrogen-bond donors (Lipinski definition) is 1. The minimum atomic E-state index is -0.874. The summed E-state index contributed by atoms with van der Waals surface area (Å²) in [4.78, 5) is 64.5. The Kier molecular flexibility index (Phi) is 14.9. The molecule has 2 amide bonds. The van der Waals surface area contributed by atoms with Crippen LogP contribution in [0.25, 0.3) is 0 Å². The average molecular weight is 667 g/mol. The van der Waals surface area contributed by atoms with Crippen LogP contribution in [-0.2, 0) is 35.1 Å². The number of rotatable bonds is 19. The van der Waals surface area contributed by atoms with Gasteiger partial charge in [0, 0.05) is 24.9 Å². The van der Waals surface area contributed by atoms with Crippen molar-refractivity contribution in [2.75, 3.05) is 33.9 Å². The van der Waals surface area contributed by atoms with Crippen molar-refractivity contribution < 1.29 is 42.9 Å². The topological polar surface area (TPSA) is 138 Å².